The fourth-order valence-corrected chi connectivity index (χ4v) is 10.3. The lowest BCUT2D eigenvalue weighted by Gasteiger charge is -2.46. The average molecular weight is 612 g/mol. The Balaban J connectivity index is 1.52. The summed E-state index contributed by atoms with van der Waals surface area (Å²) in [5.41, 5.74) is 9.30. The number of fused-ring (bicyclic) bond motifs is 5. The highest BCUT2D eigenvalue weighted by Gasteiger charge is 2.54. The van der Waals surface area contributed by atoms with Crippen LogP contribution in [0.2, 0.25) is 0 Å². The minimum atomic E-state index is -0.550. The van der Waals surface area contributed by atoms with Gasteiger partial charge in [-0.15, -0.1) is 0 Å². The highest BCUT2D eigenvalue weighted by molar-refractivity contribution is 8.00. The van der Waals surface area contributed by atoms with Crippen LogP contribution in [0, 0.1) is 0 Å². The molecule has 0 amide bonds. The number of hydrogen-bond acceptors (Lipinski definition) is 2. The van der Waals surface area contributed by atoms with Gasteiger partial charge in [0, 0.05) is 20.9 Å². The summed E-state index contributed by atoms with van der Waals surface area (Å²) in [7, 11) is 0. The Labute approximate surface area is 272 Å². The molecule has 0 unspecified atom stereocenters. The monoisotopic (exact) mass is 611 g/mol. The Bertz CT molecular complexity index is 1920. The van der Waals surface area contributed by atoms with Crippen molar-refractivity contribution >= 4 is 23.5 Å². The van der Waals surface area contributed by atoms with Gasteiger partial charge in [0.15, 0.2) is 0 Å². The van der Waals surface area contributed by atoms with Crippen molar-refractivity contribution in [2.24, 2.45) is 0 Å². The zero-order valence-electron chi connectivity index (χ0n) is 24.5. The zero-order chi connectivity index (χ0) is 29.8. The topological polar surface area (TPSA) is 15.8 Å². The lowest BCUT2D eigenvalue weighted by molar-refractivity contribution is 0.644. The maximum absolute atomic E-state index is 4.05. The molecule has 0 saturated heterocycles. The summed E-state index contributed by atoms with van der Waals surface area (Å²) in [5.74, 6) is 0. The second-order valence-electron chi connectivity index (χ2n) is 11.7. The largest absolute Gasteiger partial charge is 0.344 e. The van der Waals surface area contributed by atoms with Crippen molar-refractivity contribution in [1.82, 2.24) is 4.98 Å². The Morgan fingerprint density at radius 1 is 0.333 bits per heavy atom. The van der Waals surface area contributed by atoms with Gasteiger partial charge in [-0.2, -0.15) is 0 Å². The van der Waals surface area contributed by atoms with Gasteiger partial charge in [0.1, 0.15) is 0 Å². The Morgan fingerprint density at radius 3 is 0.956 bits per heavy atom. The smallest absolute Gasteiger partial charge is 0.0831 e. The van der Waals surface area contributed by atoms with Gasteiger partial charge in [-0.1, -0.05) is 181 Å². The molecule has 6 aromatic carbocycles. The third-order valence-electron chi connectivity index (χ3n) is 9.51. The molecule has 0 fully saturated rings. The van der Waals surface area contributed by atoms with Crippen molar-refractivity contribution in [2.75, 3.05) is 0 Å². The fourth-order valence-electron chi connectivity index (χ4n) is 7.83. The van der Waals surface area contributed by atoms with E-state index in [2.05, 4.69) is 175 Å². The first-order valence-electron chi connectivity index (χ1n) is 15.4. The van der Waals surface area contributed by atoms with Crippen LogP contribution in [-0.4, -0.2) is 4.98 Å². The molecule has 45 heavy (non-hydrogen) atoms. The summed E-state index contributed by atoms with van der Waals surface area (Å²) in [5, 5.41) is 2.42. The van der Waals surface area contributed by atoms with Gasteiger partial charge in [0.2, 0.25) is 0 Å². The van der Waals surface area contributed by atoms with E-state index >= 15 is 0 Å². The number of H-pyrrole nitrogens is 1. The highest BCUT2D eigenvalue weighted by Crippen LogP contribution is 2.64. The molecule has 3 heterocycles. The Morgan fingerprint density at radius 2 is 0.622 bits per heavy atom. The van der Waals surface area contributed by atoms with Crippen LogP contribution in [0.1, 0.15) is 44.5 Å². The normalized spacial score (nSPS) is 15.3. The zero-order valence-corrected chi connectivity index (χ0v) is 26.1. The molecule has 0 spiro atoms. The van der Waals surface area contributed by atoms with Gasteiger partial charge < -0.3 is 4.98 Å². The second kappa shape index (κ2) is 10.4. The first kappa shape index (κ1) is 26.7. The van der Waals surface area contributed by atoms with Gasteiger partial charge in [0.25, 0.3) is 0 Å². The van der Waals surface area contributed by atoms with Gasteiger partial charge >= 0.3 is 0 Å². The van der Waals surface area contributed by atoms with Gasteiger partial charge in [0.05, 0.1) is 20.9 Å². The molecule has 0 atom stereocenters. The first-order chi connectivity index (χ1) is 22.3. The van der Waals surface area contributed by atoms with Crippen LogP contribution in [0.3, 0.4) is 0 Å². The van der Waals surface area contributed by atoms with Crippen LogP contribution in [0.5, 0.6) is 0 Å². The van der Waals surface area contributed by atoms with E-state index in [9.17, 15) is 0 Å². The van der Waals surface area contributed by atoms with Crippen LogP contribution < -0.4 is 0 Å². The molecule has 2 aliphatic rings. The minimum Gasteiger partial charge on any atom is -0.344 e. The molecule has 0 radical (unpaired) electrons. The van der Waals surface area contributed by atoms with Crippen molar-refractivity contribution < 1.29 is 0 Å². The number of rotatable bonds is 4. The first-order valence-corrected chi connectivity index (χ1v) is 17.0. The summed E-state index contributed by atoms with van der Waals surface area (Å²) in [6, 6.07) is 62.6. The molecule has 3 heteroatoms. The number of nitrogens with one attached hydrogen (secondary N) is 1. The summed E-state index contributed by atoms with van der Waals surface area (Å²) in [6.07, 6.45) is 0. The number of benzene rings is 6. The van der Waals surface area contributed by atoms with Gasteiger partial charge in [-0.05, 0) is 45.5 Å². The van der Waals surface area contributed by atoms with Gasteiger partial charge in [-0.25, -0.2) is 0 Å². The lowest BCUT2D eigenvalue weighted by atomic mass is 9.58. The third kappa shape index (κ3) is 3.72. The van der Waals surface area contributed by atoms with E-state index in [1.165, 1.54) is 64.4 Å². The fraction of sp³-hybridized carbons (Fsp3) is 0.0476. The molecule has 0 bridgehead atoms. The molecule has 1 nitrogen and oxygen atoms in total. The van der Waals surface area contributed by atoms with Crippen molar-refractivity contribution in [2.45, 2.75) is 30.7 Å². The van der Waals surface area contributed by atoms with Crippen molar-refractivity contribution in [3.05, 3.63) is 214 Å². The predicted molar refractivity (Wildman–Crippen MR) is 186 cm³/mol. The SMILES string of the molecule is c1ccc(C2(c3ccccc3)c3ccccc3Sc3[nH]c4c(c32)C(c2ccccc2)(c2ccccc2)c2ccccc2S4)cc1. The van der Waals surface area contributed by atoms with Gasteiger partial charge in [-0.3, -0.25) is 0 Å². The molecule has 0 aliphatic carbocycles. The summed E-state index contributed by atoms with van der Waals surface area (Å²) >= 11 is 3.74. The van der Waals surface area contributed by atoms with Crippen LogP contribution >= 0.6 is 23.5 Å². The molecule has 214 valence electrons. The van der Waals surface area contributed by atoms with E-state index in [0.29, 0.717) is 0 Å². The third-order valence-corrected chi connectivity index (χ3v) is 11.7. The average Bonchev–Trinajstić information content (AvgIpc) is 3.49. The van der Waals surface area contributed by atoms with E-state index < -0.39 is 10.8 Å². The molecule has 2 aliphatic heterocycles. The van der Waals surface area contributed by atoms with E-state index in [1.54, 1.807) is 0 Å². The molecule has 9 rings (SSSR count). The van der Waals surface area contributed by atoms with Crippen molar-refractivity contribution in [1.29, 1.82) is 0 Å². The number of aromatic amines is 1. The molecular weight excluding hydrogens is 583 g/mol. The summed E-state index contributed by atoms with van der Waals surface area (Å²) in [6.45, 7) is 0. The summed E-state index contributed by atoms with van der Waals surface area (Å²) in [4.78, 5) is 6.61. The predicted octanol–water partition coefficient (Wildman–Crippen LogP) is 10.7. The second-order valence-corrected chi connectivity index (χ2v) is 13.8. The quantitative estimate of drug-likeness (QED) is 0.213. The van der Waals surface area contributed by atoms with Crippen LogP contribution in [0.15, 0.2) is 190 Å². The Hall–Kier alpha value is -4.70. The van der Waals surface area contributed by atoms with E-state index in [4.69, 9.17) is 0 Å². The van der Waals surface area contributed by atoms with Crippen LogP contribution in [0.25, 0.3) is 0 Å². The Kier molecular flexibility index (Phi) is 6.19. The summed E-state index contributed by atoms with van der Waals surface area (Å²) < 4.78 is 0. The maximum Gasteiger partial charge on any atom is 0.0831 e. The molecule has 1 N–H and O–H groups in total. The lowest BCUT2D eigenvalue weighted by Crippen LogP contribution is -2.40. The van der Waals surface area contributed by atoms with E-state index in [0.717, 1.165) is 0 Å². The maximum atomic E-state index is 4.05. The van der Waals surface area contributed by atoms with Crippen LogP contribution in [-0.2, 0) is 10.8 Å². The standard InChI is InChI=1S/C42H29NS2/c1-5-17-29(18-6-1)41(30-19-7-2-8-20-30)33-25-13-15-27-35(33)44-39-37(41)38-40(43-39)45-36-28-16-14-26-34(36)42(38,31-21-9-3-10-22-31)32-23-11-4-12-24-32/h1-28,43H. The van der Waals surface area contributed by atoms with Crippen molar-refractivity contribution in [3.63, 3.8) is 0 Å². The molecule has 0 saturated carbocycles. The minimum absolute atomic E-state index is 0.550. The molecule has 7 aromatic rings. The number of hydrogen-bond donors (Lipinski definition) is 1. The van der Waals surface area contributed by atoms with E-state index in [1.807, 2.05) is 23.5 Å². The number of aromatic nitrogens is 1. The molecular formula is C42H29NS2. The highest BCUT2D eigenvalue weighted by atomic mass is 32.2. The molecule has 1 aromatic heterocycles. The van der Waals surface area contributed by atoms with Crippen LogP contribution in [0.4, 0.5) is 0 Å². The van der Waals surface area contributed by atoms with Crippen molar-refractivity contribution in [3.8, 4) is 0 Å². The van der Waals surface area contributed by atoms with E-state index in [-0.39, 0.29) is 0 Å².